The van der Waals surface area contributed by atoms with E-state index in [0.29, 0.717) is 10.8 Å². The Kier molecular flexibility index (Phi) is 2.81. The largest absolute Gasteiger partial charge is 0.384 e. The molecule has 0 saturated heterocycles. The van der Waals surface area contributed by atoms with Crippen LogP contribution in [0.3, 0.4) is 0 Å². The molecular formula is C13H10ClN3S. The Morgan fingerprint density at radius 3 is 2.61 bits per heavy atom. The number of hydrogen-bond acceptors (Lipinski definition) is 3. The van der Waals surface area contributed by atoms with Crippen molar-refractivity contribution in [1.82, 2.24) is 9.78 Å². The Balaban J connectivity index is 2.10. The summed E-state index contributed by atoms with van der Waals surface area (Å²) in [5, 5.41) is 7.15. The molecule has 0 saturated carbocycles. The number of anilines is 1. The van der Waals surface area contributed by atoms with Gasteiger partial charge in [0.05, 0.1) is 15.6 Å². The number of para-hydroxylation sites is 1. The van der Waals surface area contributed by atoms with E-state index in [1.54, 1.807) is 16.0 Å². The average molecular weight is 276 g/mol. The minimum Gasteiger partial charge on any atom is -0.384 e. The fourth-order valence-electron chi connectivity index (χ4n) is 1.76. The van der Waals surface area contributed by atoms with Crippen LogP contribution in [0.1, 0.15) is 0 Å². The minimum atomic E-state index is 0.598. The highest BCUT2D eigenvalue weighted by Gasteiger charge is 2.12. The van der Waals surface area contributed by atoms with Gasteiger partial charge in [0.25, 0.3) is 0 Å². The van der Waals surface area contributed by atoms with Gasteiger partial charge in [-0.2, -0.15) is 5.10 Å². The zero-order valence-electron chi connectivity index (χ0n) is 9.38. The number of thiophene rings is 1. The molecule has 2 heterocycles. The molecule has 0 fully saturated rings. The number of halogens is 1. The van der Waals surface area contributed by atoms with E-state index in [0.717, 1.165) is 16.3 Å². The van der Waals surface area contributed by atoms with Crippen LogP contribution in [-0.2, 0) is 0 Å². The Hall–Kier alpha value is -1.78. The number of nitrogens with two attached hydrogens (primary N) is 1. The van der Waals surface area contributed by atoms with Crippen molar-refractivity contribution in [1.29, 1.82) is 0 Å². The molecule has 0 amide bonds. The first-order valence-corrected chi connectivity index (χ1v) is 6.66. The predicted molar refractivity (Wildman–Crippen MR) is 76.3 cm³/mol. The highest BCUT2D eigenvalue weighted by atomic mass is 35.5. The second kappa shape index (κ2) is 4.48. The minimum absolute atomic E-state index is 0.598. The van der Waals surface area contributed by atoms with Crippen LogP contribution in [0.4, 0.5) is 5.82 Å². The Morgan fingerprint density at radius 1 is 1.17 bits per heavy atom. The van der Waals surface area contributed by atoms with E-state index in [9.17, 15) is 0 Å². The summed E-state index contributed by atoms with van der Waals surface area (Å²) in [4.78, 5) is 0.943. The smallest absolute Gasteiger partial charge is 0.127 e. The molecule has 0 aliphatic rings. The van der Waals surface area contributed by atoms with Crippen molar-refractivity contribution in [2.45, 2.75) is 0 Å². The molecule has 3 aromatic rings. The number of benzene rings is 1. The number of nitrogen functional groups attached to an aromatic ring is 1. The van der Waals surface area contributed by atoms with E-state index < -0.39 is 0 Å². The average Bonchev–Trinajstić information content (AvgIpc) is 2.96. The fraction of sp³-hybridized carbons (Fsp3) is 0. The predicted octanol–water partition coefficient (Wildman–Crippen LogP) is 3.84. The maximum absolute atomic E-state index is 6.10. The molecule has 1 aromatic carbocycles. The maximum Gasteiger partial charge on any atom is 0.127 e. The molecule has 3 rings (SSSR count). The van der Waals surface area contributed by atoms with Crippen LogP contribution in [-0.4, -0.2) is 9.78 Å². The van der Waals surface area contributed by atoms with Crippen molar-refractivity contribution in [3.05, 3.63) is 52.9 Å². The second-order valence-corrected chi connectivity index (χ2v) is 5.12. The molecule has 3 nitrogen and oxygen atoms in total. The lowest BCUT2D eigenvalue weighted by atomic mass is 10.3. The van der Waals surface area contributed by atoms with Gasteiger partial charge in [-0.1, -0.05) is 29.8 Å². The zero-order valence-corrected chi connectivity index (χ0v) is 10.9. The first-order chi connectivity index (χ1) is 8.75. The van der Waals surface area contributed by atoms with Gasteiger partial charge in [-0.15, -0.1) is 11.3 Å². The number of nitrogens with zero attached hydrogens (tertiary/aromatic N) is 2. The van der Waals surface area contributed by atoms with Gasteiger partial charge < -0.3 is 5.73 Å². The molecule has 2 aromatic heterocycles. The monoisotopic (exact) mass is 275 g/mol. The van der Waals surface area contributed by atoms with E-state index >= 15 is 0 Å². The lowest BCUT2D eigenvalue weighted by Crippen LogP contribution is -2.00. The third-order valence-electron chi connectivity index (χ3n) is 2.59. The van der Waals surface area contributed by atoms with Gasteiger partial charge in [0, 0.05) is 6.07 Å². The summed E-state index contributed by atoms with van der Waals surface area (Å²) in [7, 11) is 0. The second-order valence-electron chi connectivity index (χ2n) is 3.80. The molecule has 90 valence electrons. The van der Waals surface area contributed by atoms with Crippen LogP contribution in [0, 0.1) is 0 Å². The van der Waals surface area contributed by atoms with Crippen LogP contribution < -0.4 is 5.73 Å². The van der Waals surface area contributed by atoms with Crippen LogP contribution in [0.25, 0.3) is 16.3 Å². The third kappa shape index (κ3) is 1.89. The fourth-order valence-corrected chi connectivity index (χ4v) is 2.87. The van der Waals surface area contributed by atoms with E-state index in [1.165, 1.54) is 0 Å². The van der Waals surface area contributed by atoms with Crippen molar-refractivity contribution in [3.63, 3.8) is 0 Å². The summed E-state index contributed by atoms with van der Waals surface area (Å²) >= 11 is 7.66. The summed E-state index contributed by atoms with van der Waals surface area (Å²) in [6, 6.07) is 13.5. The van der Waals surface area contributed by atoms with Crippen molar-refractivity contribution in [3.8, 4) is 16.3 Å². The SMILES string of the molecule is Nc1cc(-c2sccc2Cl)nn1-c1ccccc1. The van der Waals surface area contributed by atoms with Gasteiger partial charge in [0.15, 0.2) is 0 Å². The molecule has 0 aliphatic carbocycles. The molecular weight excluding hydrogens is 266 g/mol. The Morgan fingerprint density at radius 2 is 1.94 bits per heavy atom. The number of hydrogen-bond donors (Lipinski definition) is 1. The van der Waals surface area contributed by atoms with Gasteiger partial charge in [-0.05, 0) is 23.6 Å². The first kappa shape index (κ1) is 11.3. The van der Waals surface area contributed by atoms with E-state index in [4.69, 9.17) is 17.3 Å². The lowest BCUT2D eigenvalue weighted by Gasteiger charge is -2.02. The van der Waals surface area contributed by atoms with Crippen molar-refractivity contribution >= 4 is 28.8 Å². The standard InChI is InChI=1S/C13H10ClN3S/c14-10-6-7-18-13(10)11-8-12(15)17(16-11)9-4-2-1-3-5-9/h1-8H,15H2. The summed E-state index contributed by atoms with van der Waals surface area (Å²) in [6.07, 6.45) is 0. The van der Waals surface area contributed by atoms with Crippen LogP contribution in [0.15, 0.2) is 47.8 Å². The van der Waals surface area contributed by atoms with Crippen molar-refractivity contribution in [2.75, 3.05) is 5.73 Å². The summed E-state index contributed by atoms with van der Waals surface area (Å²) in [6.45, 7) is 0. The first-order valence-electron chi connectivity index (χ1n) is 5.40. The molecule has 0 radical (unpaired) electrons. The summed E-state index contributed by atoms with van der Waals surface area (Å²) in [5.41, 5.74) is 7.73. The highest BCUT2D eigenvalue weighted by molar-refractivity contribution is 7.14. The number of aromatic nitrogens is 2. The molecule has 5 heteroatoms. The molecule has 18 heavy (non-hydrogen) atoms. The van der Waals surface area contributed by atoms with Gasteiger partial charge in [-0.25, -0.2) is 4.68 Å². The highest BCUT2D eigenvalue weighted by Crippen LogP contribution is 2.33. The topological polar surface area (TPSA) is 43.8 Å². The van der Waals surface area contributed by atoms with E-state index in [-0.39, 0.29) is 0 Å². The maximum atomic E-state index is 6.10. The van der Waals surface area contributed by atoms with Gasteiger partial charge in [0.1, 0.15) is 11.5 Å². The molecule has 2 N–H and O–H groups in total. The third-order valence-corrected chi connectivity index (χ3v) is 3.95. The number of rotatable bonds is 2. The van der Waals surface area contributed by atoms with Gasteiger partial charge >= 0.3 is 0 Å². The quantitative estimate of drug-likeness (QED) is 0.772. The Bertz CT molecular complexity index is 673. The van der Waals surface area contributed by atoms with E-state index in [1.807, 2.05) is 47.8 Å². The van der Waals surface area contributed by atoms with Crippen LogP contribution in [0.5, 0.6) is 0 Å². The molecule has 0 atom stereocenters. The summed E-state index contributed by atoms with van der Waals surface area (Å²) < 4.78 is 1.71. The normalized spacial score (nSPS) is 10.7. The Labute approximate surface area is 113 Å². The van der Waals surface area contributed by atoms with Crippen LogP contribution in [0.2, 0.25) is 5.02 Å². The van der Waals surface area contributed by atoms with Crippen LogP contribution >= 0.6 is 22.9 Å². The van der Waals surface area contributed by atoms with Crippen molar-refractivity contribution in [2.24, 2.45) is 0 Å². The zero-order chi connectivity index (χ0) is 12.5. The molecule has 0 aliphatic heterocycles. The van der Waals surface area contributed by atoms with Gasteiger partial charge in [-0.3, -0.25) is 0 Å². The molecule has 0 unspecified atom stereocenters. The molecule has 0 spiro atoms. The summed E-state index contributed by atoms with van der Waals surface area (Å²) in [5.74, 6) is 0.598. The van der Waals surface area contributed by atoms with Crippen molar-refractivity contribution < 1.29 is 0 Å². The molecule has 0 bridgehead atoms. The van der Waals surface area contributed by atoms with E-state index in [2.05, 4.69) is 5.10 Å². The van der Waals surface area contributed by atoms with Gasteiger partial charge in [0.2, 0.25) is 0 Å². The lowest BCUT2D eigenvalue weighted by molar-refractivity contribution is 0.896.